The van der Waals surface area contributed by atoms with Crippen LogP contribution in [0.4, 0.5) is 0 Å². The second kappa shape index (κ2) is 9.30. The highest BCUT2D eigenvalue weighted by atomic mass is 32.2. The molecule has 5 heteroatoms. The average Bonchev–Trinajstić information content (AvgIpc) is 2.21. The SMILES string of the molecule is CC[C@@H](CO)NC(=O)CSCCOC. The van der Waals surface area contributed by atoms with Crippen molar-refractivity contribution in [1.82, 2.24) is 5.32 Å². The molecule has 0 aromatic heterocycles. The van der Waals surface area contributed by atoms with Crippen molar-refractivity contribution >= 4 is 17.7 Å². The summed E-state index contributed by atoms with van der Waals surface area (Å²) >= 11 is 1.53. The number of ether oxygens (including phenoxy) is 1. The first kappa shape index (κ1) is 13.7. The Hall–Kier alpha value is -0.260. The summed E-state index contributed by atoms with van der Waals surface area (Å²) < 4.78 is 4.85. The predicted molar refractivity (Wildman–Crippen MR) is 58.5 cm³/mol. The molecule has 0 aromatic carbocycles. The van der Waals surface area contributed by atoms with Crippen LogP contribution in [-0.4, -0.2) is 48.9 Å². The smallest absolute Gasteiger partial charge is 0.230 e. The van der Waals surface area contributed by atoms with E-state index < -0.39 is 0 Å². The summed E-state index contributed by atoms with van der Waals surface area (Å²) in [4.78, 5) is 11.3. The molecule has 1 atom stereocenters. The first-order valence-corrected chi connectivity index (χ1v) is 5.87. The van der Waals surface area contributed by atoms with Crippen LogP contribution in [-0.2, 0) is 9.53 Å². The molecule has 0 aliphatic rings. The van der Waals surface area contributed by atoms with Gasteiger partial charge in [-0.2, -0.15) is 0 Å². The number of aliphatic hydroxyl groups is 1. The molecule has 0 aromatic rings. The number of rotatable bonds is 8. The van der Waals surface area contributed by atoms with Crippen molar-refractivity contribution in [2.24, 2.45) is 0 Å². The third-order valence-corrected chi connectivity index (χ3v) is 2.66. The number of nitrogens with one attached hydrogen (secondary N) is 1. The first-order chi connectivity index (χ1) is 6.74. The van der Waals surface area contributed by atoms with Crippen molar-refractivity contribution < 1.29 is 14.6 Å². The number of amides is 1. The molecule has 0 heterocycles. The molecule has 4 nitrogen and oxygen atoms in total. The van der Waals surface area contributed by atoms with Gasteiger partial charge in [-0.05, 0) is 6.42 Å². The Morgan fingerprint density at radius 3 is 2.86 bits per heavy atom. The second-order valence-electron chi connectivity index (χ2n) is 2.90. The maximum atomic E-state index is 11.3. The normalized spacial score (nSPS) is 12.5. The van der Waals surface area contributed by atoms with Crippen molar-refractivity contribution in [2.75, 3.05) is 31.8 Å². The van der Waals surface area contributed by atoms with Crippen molar-refractivity contribution in [3.63, 3.8) is 0 Å². The van der Waals surface area contributed by atoms with Gasteiger partial charge in [0.25, 0.3) is 0 Å². The Kier molecular flexibility index (Phi) is 9.13. The van der Waals surface area contributed by atoms with Crippen LogP contribution in [0.3, 0.4) is 0 Å². The topological polar surface area (TPSA) is 58.6 Å². The number of hydrogen-bond donors (Lipinski definition) is 2. The summed E-state index contributed by atoms with van der Waals surface area (Å²) in [6.45, 7) is 2.60. The average molecular weight is 221 g/mol. The largest absolute Gasteiger partial charge is 0.394 e. The molecule has 84 valence electrons. The van der Waals surface area contributed by atoms with E-state index in [1.165, 1.54) is 11.8 Å². The zero-order valence-electron chi connectivity index (χ0n) is 8.78. The Balaban J connectivity index is 3.44. The Labute approximate surface area is 89.4 Å². The van der Waals surface area contributed by atoms with Crippen molar-refractivity contribution in [2.45, 2.75) is 19.4 Å². The molecular formula is C9H19NO3S. The molecule has 0 saturated heterocycles. The quantitative estimate of drug-likeness (QED) is 0.577. The molecule has 0 unspecified atom stereocenters. The number of carbonyl (C=O) groups is 1. The van der Waals surface area contributed by atoms with Gasteiger partial charge in [0.05, 0.1) is 25.0 Å². The molecule has 0 aliphatic carbocycles. The summed E-state index contributed by atoms with van der Waals surface area (Å²) in [5.41, 5.74) is 0. The second-order valence-corrected chi connectivity index (χ2v) is 4.01. The molecule has 14 heavy (non-hydrogen) atoms. The van der Waals surface area contributed by atoms with Gasteiger partial charge in [-0.3, -0.25) is 4.79 Å². The van der Waals surface area contributed by atoms with Crippen LogP contribution in [0, 0.1) is 0 Å². The van der Waals surface area contributed by atoms with E-state index in [9.17, 15) is 4.79 Å². The van der Waals surface area contributed by atoms with Crippen LogP contribution in [0.25, 0.3) is 0 Å². The summed E-state index contributed by atoms with van der Waals surface area (Å²) in [6.07, 6.45) is 0.755. The molecule has 0 spiro atoms. The van der Waals surface area contributed by atoms with Gasteiger partial charge in [0, 0.05) is 12.9 Å². The lowest BCUT2D eigenvalue weighted by molar-refractivity contribution is -0.119. The van der Waals surface area contributed by atoms with E-state index in [1.54, 1.807) is 7.11 Å². The maximum absolute atomic E-state index is 11.3. The summed E-state index contributed by atoms with van der Waals surface area (Å²) in [5, 5.41) is 11.6. The standard InChI is InChI=1S/C9H19NO3S/c1-3-8(6-11)10-9(12)7-14-5-4-13-2/h8,11H,3-7H2,1-2H3,(H,10,12)/t8-/m0/s1. The zero-order valence-corrected chi connectivity index (χ0v) is 9.60. The van der Waals surface area contributed by atoms with Crippen molar-refractivity contribution in [1.29, 1.82) is 0 Å². The van der Waals surface area contributed by atoms with Crippen molar-refractivity contribution in [3.05, 3.63) is 0 Å². The summed E-state index contributed by atoms with van der Waals surface area (Å²) in [7, 11) is 1.64. The summed E-state index contributed by atoms with van der Waals surface area (Å²) in [6, 6.07) is -0.106. The molecule has 0 radical (unpaired) electrons. The lowest BCUT2D eigenvalue weighted by Gasteiger charge is -2.13. The highest BCUT2D eigenvalue weighted by Gasteiger charge is 2.08. The lowest BCUT2D eigenvalue weighted by Crippen LogP contribution is -2.38. The van der Waals surface area contributed by atoms with Gasteiger partial charge >= 0.3 is 0 Å². The van der Waals surface area contributed by atoms with Crippen LogP contribution in [0.1, 0.15) is 13.3 Å². The number of thioether (sulfide) groups is 1. The van der Waals surface area contributed by atoms with Gasteiger partial charge in [0.1, 0.15) is 0 Å². The monoisotopic (exact) mass is 221 g/mol. The Morgan fingerprint density at radius 1 is 1.64 bits per heavy atom. The highest BCUT2D eigenvalue weighted by Crippen LogP contribution is 1.99. The maximum Gasteiger partial charge on any atom is 0.230 e. The molecule has 2 N–H and O–H groups in total. The van der Waals surface area contributed by atoms with Crippen LogP contribution in [0.5, 0.6) is 0 Å². The van der Waals surface area contributed by atoms with Crippen LogP contribution >= 0.6 is 11.8 Å². The minimum Gasteiger partial charge on any atom is -0.394 e. The van der Waals surface area contributed by atoms with Crippen LogP contribution in [0.15, 0.2) is 0 Å². The van der Waals surface area contributed by atoms with E-state index in [4.69, 9.17) is 9.84 Å². The van der Waals surface area contributed by atoms with E-state index in [-0.39, 0.29) is 18.6 Å². The van der Waals surface area contributed by atoms with E-state index >= 15 is 0 Å². The van der Waals surface area contributed by atoms with Crippen LogP contribution < -0.4 is 5.32 Å². The zero-order chi connectivity index (χ0) is 10.8. The fourth-order valence-electron chi connectivity index (χ4n) is 0.853. The van der Waals surface area contributed by atoms with E-state index in [2.05, 4.69) is 5.32 Å². The fourth-order valence-corrected chi connectivity index (χ4v) is 1.55. The van der Waals surface area contributed by atoms with Crippen molar-refractivity contribution in [3.8, 4) is 0 Å². The van der Waals surface area contributed by atoms with E-state index in [0.717, 1.165) is 12.2 Å². The highest BCUT2D eigenvalue weighted by molar-refractivity contribution is 7.99. The number of carbonyl (C=O) groups excluding carboxylic acids is 1. The molecule has 1 amide bonds. The molecule has 0 fully saturated rings. The minimum atomic E-state index is -0.106. The third kappa shape index (κ3) is 7.17. The molecule has 0 bridgehead atoms. The van der Waals surface area contributed by atoms with Gasteiger partial charge in [0.2, 0.25) is 5.91 Å². The fraction of sp³-hybridized carbons (Fsp3) is 0.889. The molecule has 0 aliphatic heterocycles. The van der Waals surface area contributed by atoms with Gasteiger partial charge in [-0.15, -0.1) is 11.8 Å². The Morgan fingerprint density at radius 2 is 2.36 bits per heavy atom. The molecule has 0 rings (SSSR count). The third-order valence-electron chi connectivity index (χ3n) is 1.74. The number of aliphatic hydroxyl groups excluding tert-OH is 1. The Bertz CT molecular complexity index is 151. The van der Waals surface area contributed by atoms with E-state index in [0.29, 0.717) is 12.4 Å². The number of hydrogen-bond acceptors (Lipinski definition) is 4. The van der Waals surface area contributed by atoms with Gasteiger partial charge in [-0.25, -0.2) is 0 Å². The predicted octanol–water partition coefficient (Wildman–Crippen LogP) is 0.253. The van der Waals surface area contributed by atoms with E-state index in [1.807, 2.05) is 6.92 Å². The molecule has 0 saturated carbocycles. The van der Waals surface area contributed by atoms with Gasteiger partial charge in [-0.1, -0.05) is 6.92 Å². The number of methoxy groups -OCH3 is 1. The van der Waals surface area contributed by atoms with Crippen LogP contribution in [0.2, 0.25) is 0 Å². The molecular weight excluding hydrogens is 202 g/mol. The first-order valence-electron chi connectivity index (χ1n) is 4.71. The lowest BCUT2D eigenvalue weighted by atomic mass is 10.2. The van der Waals surface area contributed by atoms with Gasteiger partial charge < -0.3 is 15.2 Å². The minimum absolute atomic E-state index is 0.00494. The van der Waals surface area contributed by atoms with Gasteiger partial charge in [0.15, 0.2) is 0 Å². The summed E-state index contributed by atoms with van der Waals surface area (Å²) in [5.74, 6) is 1.23.